The van der Waals surface area contributed by atoms with Gasteiger partial charge in [0.2, 0.25) is 0 Å². The molecule has 1 aromatic carbocycles. The summed E-state index contributed by atoms with van der Waals surface area (Å²) in [7, 11) is 1.58. The number of morpholine rings is 1. The molecular weight excluding hydrogens is 467 g/mol. The van der Waals surface area contributed by atoms with E-state index in [9.17, 15) is 19.1 Å². The van der Waals surface area contributed by atoms with Gasteiger partial charge in [0.05, 0.1) is 48.5 Å². The van der Waals surface area contributed by atoms with Crippen LogP contribution >= 0.6 is 0 Å². The third-order valence-corrected chi connectivity index (χ3v) is 6.62. The van der Waals surface area contributed by atoms with Gasteiger partial charge >= 0.3 is 0 Å². The summed E-state index contributed by atoms with van der Waals surface area (Å²) >= 11 is 0. The van der Waals surface area contributed by atoms with Gasteiger partial charge in [-0.2, -0.15) is 0 Å². The Hall–Kier alpha value is -3.08. The minimum atomic E-state index is -1.60. The number of methoxy groups -OCH3 is 1. The van der Waals surface area contributed by atoms with Gasteiger partial charge < -0.3 is 29.7 Å². The average molecular weight is 501 g/mol. The topological polar surface area (TPSA) is 104 Å². The second kappa shape index (κ2) is 10.5. The molecule has 0 bridgehead atoms. The molecule has 0 radical (unpaired) electrons. The van der Waals surface area contributed by atoms with Crippen LogP contribution < -0.4 is 10.2 Å². The molecule has 0 spiro atoms. The Morgan fingerprint density at radius 2 is 2.03 bits per heavy atom. The molecule has 36 heavy (non-hydrogen) atoms. The van der Waals surface area contributed by atoms with Crippen molar-refractivity contribution in [3.05, 3.63) is 52.8 Å². The molecule has 2 aliphatic heterocycles. The van der Waals surface area contributed by atoms with E-state index < -0.39 is 11.8 Å². The van der Waals surface area contributed by atoms with Crippen molar-refractivity contribution < 1.29 is 28.6 Å². The number of nitrogens with one attached hydrogen (secondary N) is 1. The maximum absolute atomic E-state index is 14.5. The number of anilines is 2. The number of benzene rings is 1. The lowest BCUT2D eigenvalue weighted by molar-refractivity contribution is -0.0159. The highest BCUT2D eigenvalue weighted by molar-refractivity contribution is 6.07. The lowest BCUT2D eigenvalue weighted by Crippen LogP contribution is -2.42. The summed E-state index contributed by atoms with van der Waals surface area (Å²) in [6, 6.07) is 8.71. The van der Waals surface area contributed by atoms with E-state index >= 15 is 0 Å². The minimum absolute atomic E-state index is 0.190. The maximum atomic E-state index is 14.5. The molecule has 2 atom stereocenters. The Bertz CT molecular complexity index is 1130. The number of pyridine rings is 1. The number of ether oxygens (including phenoxy) is 2. The first-order valence-electron chi connectivity index (χ1n) is 12.0. The van der Waals surface area contributed by atoms with E-state index in [-0.39, 0.29) is 36.7 Å². The summed E-state index contributed by atoms with van der Waals surface area (Å²) in [4.78, 5) is 34.2. The van der Waals surface area contributed by atoms with E-state index in [2.05, 4.69) is 15.2 Å². The number of alkyl halides is 1. The molecule has 1 aromatic heterocycles. The van der Waals surface area contributed by atoms with Gasteiger partial charge in [-0.1, -0.05) is 6.07 Å². The third kappa shape index (κ3) is 5.50. The number of halogens is 1. The SMILES string of the molecule is CO[C@@H](C)c1cccc(C(=O)Nc2cc3c(cc2N2CCOCC2)C(=O)N(C[C@@H](F)C(C)(C)O)C3)n1. The number of amides is 2. The molecule has 0 aliphatic carbocycles. The highest BCUT2D eigenvalue weighted by Crippen LogP contribution is 2.35. The molecule has 9 nitrogen and oxygen atoms in total. The summed E-state index contributed by atoms with van der Waals surface area (Å²) in [6.45, 7) is 6.84. The Kier molecular flexibility index (Phi) is 7.58. The highest BCUT2D eigenvalue weighted by atomic mass is 19.1. The van der Waals surface area contributed by atoms with Crippen molar-refractivity contribution in [1.82, 2.24) is 9.88 Å². The van der Waals surface area contributed by atoms with Crippen LogP contribution in [0.5, 0.6) is 0 Å². The van der Waals surface area contributed by atoms with Crippen molar-refractivity contribution in [3.8, 4) is 0 Å². The van der Waals surface area contributed by atoms with Crippen LogP contribution in [0.3, 0.4) is 0 Å². The van der Waals surface area contributed by atoms with E-state index in [0.29, 0.717) is 54.5 Å². The molecule has 194 valence electrons. The first-order chi connectivity index (χ1) is 17.1. The Labute approximate surface area is 210 Å². The van der Waals surface area contributed by atoms with Crippen LogP contribution in [0.1, 0.15) is 59.0 Å². The Morgan fingerprint density at radius 1 is 1.31 bits per heavy atom. The van der Waals surface area contributed by atoms with Crippen LogP contribution in [0.2, 0.25) is 0 Å². The number of aliphatic hydroxyl groups is 1. The van der Waals surface area contributed by atoms with Gasteiger partial charge in [0.1, 0.15) is 11.9 Å². The molecule has 2 aliphatic rings. The summed E-state index contributed by atoms with van der Waals surface area (Å²) in [6.07, 6.45) is -1.86. The second-order valence-electron chi connectivity index (χ2n) is 9.71. The molecule has 1 fully saturated rings. The fourth-order valence-corrected chi connectivity index (χ4v) is 4.25. The van der Waals surface area contributed by atoms with Crippen molar-refractivity contribution >= 4 is 23.2 Å². The molecule has 2 amide bonds. The van der Waals surface area contributed by atoms with E-state index in [1.807, 2.05) is 6.92 Å². The smallest absolute Gasteiger partial charge is 0.274 e. The monoisotopic (exact) mass is 500 g/mol. The zero-order chi connectivity index (χ0) is 26.0. The first kappa shape index (κ1) is 26.0. The average Bonchev–Trinajstić information content (AvgIpc) is 3.16. The van der Waals surface area contributed by atoms with Gasteiger partial charge in [-0.25, -0.2) is 9.37 Å². The number of nitrogens with zero attached hydrogens (tertiary/aromatic N) is 3. The molecule has 4 rings (SSSR count). The number of carbonyl (C=O) groups is 2. The maximum Gasteiger partial charge on any atom is 0.274 e. The Morgan fingerprint density at radius 3 is 2.69 bits per heavy atom. The number of hydrogen-bond donors (Lipinski definition) is 2. The number of hydrogen-bond acceptors (Lipinski definition) is 7. The van der Waals surface area contributed by atoms with Crippen LogP contribution in [-0.2, 0) is 16.0 Å². The number of carbonyl (C=O) groups excluding carboxylic acids is 2. The van der Waals surface area contributed by atoms with Crippen molar-refractivity contribution in [2.45, 2.75) is 45.2 Å². The molecule has 10 heteroatoms. The quantitative estimate of drug-likeness (QED) is 0.574. The molecular formula is C26H33FN4O5. The highest BCUT2D eigenvalue weighted by Gasteiger charge is 2.35. The van der Waals surface area contributed by atoms with Crippen LogP contribution in [-0.4, -0.2) is 78.5 Å². The van der Waals surface area contributed by atoms with Crippen molar-refractivity contribution in [2.24, 2.45) is 0 Å². The lowest BCUT2D eigenvalue weighted by atomic mass is 10.0. The van der Waals surface area contributed by atoms with Gasteiger partial charge in [-0.05, 0) is 50.6 Å². The van der Waals surface area contributed by atoms with Gasteiger partial charge in [-0.3, -0.25) is 9.59 Å². The lowest BCUT2D eigenvalue weighted by Gasteiger charge is -2.31. The van der Waals surface area contributed by atoms with Gasteiger partial charge in [0.25, 0.3) is 11.8 Å². The summed E-state index contributed by atoms with van der Waals surface area (Å²) < 4.78 is 25.3. The van der Waals surface area contributed by atoms with Crippen molar-refractivity contribution in [2.75, 3.05) is 50.2 Å². The van der Waals surface area contributed by atoms with Crippen LogP contribution in [0.15, 0.2) is 30.3 Å². The van der Waals surface area contributed by atoms with Gasteiger partial charge in [-0.15, -0.1) is 0 Å². The van der Waals surface area contributed by atoms with Gasteiger partial charge in [0.15, 0.2) is 0 Å². The van der Waals surface area contributed by atoms with E-state index in [0.717, 1.165) is 0 Å². The van der Waals surface area contributed by atoms with Crippen molar-refractivity contribution in [1.29, 1.82) is 0 Å². The summed E-state index contributed by atoms with van der Waals surface area (Å²) in [5.74, 6) is -0.686. The molecule has 2 aromatic rings. The number of fused-ring (bicyclic) bond motifs is 1. The Balaban J connectivity index is 1.64. The standard InChI is InChI=1S/C26H33FN4O5/c1-16(35-4)19-6-5-7-20(28-19)24(32)29-21-12-17-14-31(15-23(27)26(2,3)34)25(33)18(17)13-22(21)30-8-10-36-11-9-30/h5-7,12-13,16,23,34H,8-11,14-15H2,1-4H3,(H,29,32)/t16-,23+/m0/s1. The number of aromatic nitrogens is 1. The van der Waals surface area contributed by atoms with Crippen LogP contribution in [0, 0.1) is 0 Å². The van der Waals surface area contributed by atoms with E-state index in [1.54, 1.807) is 37.4 Å². The summed E-state index contributed by atoms with van der Waals surface area (Å²) in [5.41, 5.74) is 1.71. The fraction of sp³-hybridized carbons (Fsp3) is 0.500. The predicted octanol–water partition coefficient (Wildman–Crippen LogP) is 2.94. The molecule has 3 heterocycles. The third-order valence-electron chi connectivity index (χ3n) is 6.62. The van der Waals surface area contributed by atoms with Gasteiger partial charge in [0, 0.05) is 32.3 Å². The van der Waals surface area contributed by atoms with E-state index in [1.165, 1.54) is 18.7 Å². The zero-order valence-corrected chi connectivity index (χ0v) is 21.1. The largest absolute Gasteiger partial charge is 0.387 e. The van der Waals surface area contributed by atoms with Crippen LogP contribution in [0.25, 0.3) is 0 Å². The molecule has 1 saturated heterocycles. The first-order valence-corrected chi connectivity index (χ1v) is 12.0. The minimum Gasteiger partial charge on any atom is -0.387 e. The second-order valence-corrected chi connectivity index (χ2v) is 9.71. The van der Waals surface area contributed by atoms with Crippen molar-refractivity contribution in [3.63, 3.8) is 0 Å². The van der Waals surface area contributed by atoms with E-state index in [4.69, 9.17) is 9.47 Å². The summed E-state index contributed by atoms with van der Waals surface area (Å²) in [5, 5.41) is 13.0. The number of rotatable bonds is 8. The molecule has 0 unspecified atom stereocenters. The zero-order valence-electron chi connectivity index (χ0n) is 21.1. The predicted molar refractivity (Wildman–Crippen MR) is 133 cm³/mol. The van der Waals surface area contributed by atoms with Crippen LogP contribution in [0.4, 0.5) is 15.8 Å². The normalized spacial score (nSPS) is 17.7. The molecule has 0 saturated carbocycles. The fourth-order valence-electron chi connectivity index (χ4n) is 4.25. The molecule has 2 N–H and O–H groups in total.